The predicted octanol–water partition coefficient (Wildman–Crippen LogP) is 2.89. The lowest BCUT2D eigenvalue weighted by Crippen LogP contribution is -2.24. The van der Waals surface area contributed by atoms with Crippen LogP contribution in [0.4, 0.5) is 0 Å². The maximum Gasteiger partial charge on any atom is 0.223 e. The average molecular weight is 368 g/mol. The van der Waals surface area contributed by atoms with E-state index in [0.29, 0.717) is 25.1 Å². The highest BCUT2D eigenvalue weighted by molar-refractivity contribution is 6.02. The Balaban J connectivity index is 1.47. The summed E-state index contributed by atoms with van der Waals surface area (Å²) in [7, 11) is 0. The molecule has 7 heteroatoms. The second-order valence-corrected chi connectivity index (χ2v) is 7.02. The SMILES string of the molecule is N#Cc1ccc2ncc3[nH]c(C4CC(=O)N(Cc5cccnc5)C4)nc3c2c1. The number of benzene rings is 1. The molecule has 0 aliphatic carbocycles. The number of carbonyl (C=O) groups excluding carboxylic acids is 1. The average Bonchev–Trinajstić information content (AvgIpc) is 3.32. The fraction of sp³-hybridized carbons (Fsp3) is 0.190. The van der Waals surface area contributed by atoms with E-state index >= 15 is 0 Å². The Morgan fingerprint density at radius 1 is 1.29 bits per heavy atom. The Kier molecular flexibility index (Phi) is 3.76. The van der Waals surface area contributed by atoms with Crippen molar-refractivity contribution in [2.24, 2.45) is 0 Å². The van der Waals surface area contributed by atoms with Gasteiger partial charge in [-0.3, -0.25) is 14.8 Å². The van der Waals surface area contributed by atoms with Gasteiger partial charge >= 0.3 is 0 Å². The van der Waals surface area contributed by atoms with Crippen molar-refractivity contribution in [3.05, 3.63) is 65.9 Å². The first kappa shape index (κ1) is 16.4. The Labute approximate surface area is 160 Å². The van der Waals surface area contributed by atoms with Crippen LogP contribution in [-0.4, -0.2) is 37.3 Å². The number of fused-ring (bicyclic) bond motifs is 3. The molecule has 0 saturated carbocycles. The van der Waals surface area contributed by atoms with E-state index < -0.39 is 0 Å². The number of aromatic nitrogens is 4. The Bertz CT molecular complexity index is 1240. The lowest BCUT2D eigenvalue weighted by Gasteiger charge is -2.15. The van der Waals surface area contributed by atoms with Gasteiger partial charge in [-0.15, -0.1) is 0 Å². The minimum absolute atomic E-state index is 0.00534. The maximum atomic E-state index is 12.5. The predicted molar refractivity (Wildman–Crippen MR) is 103 cm³/mol. The first-order chi connectivity index (χ1) is 13.7. The number of pyridine rings is 2. The molecule has 28 heavy (non-hydrogen) atoms. The smallest absolute Gasteiger partial charge is 0.223 e. The second kappa shape index (κ2) is 6.43. The summed E-state index contributed by atoms with van der Waals surface area (Å²) in [5.74, 6) is 0.906. The molecule has 1 atom stereocenters. The van der Waals surface area contributed by atoms with Crippen LogP contribution in [0.5, 0.6) is 0 Å². The Morgan fingerprint density at radius 3 is 3.04 bits per heavy atom. The van der Waals surface area contributed by atoms with Gasteiger partial charge in [-0.2, -0.15) is 5.26 Å². The lowest BCUT2D eigenvalue weighted by molar-refractivity contribution is -0.128. The van der Waals surface area contributed by atoms with Crippen molar-refractivity contribution in [2.75, 3.05) is 6.54 Å². The molecule has 7 nitrogen and oxygen atoms in total. The van der Waals surface area contributed by atoms with Crippen molar-refractivity contribution < 1.29 is 4.79 Å². The van der Waals surface area contributed by atoms with E-state index in [1.807, 2.05) is 29.2 Å². The molecule has 1 aliphatic rings. The summed E-state index contributed by atoms with van der Waals surface area (Å²) in [6.07, 6.45) is 5.69. The number of likely N-dealkylation sites (tertiary alicyclic amines) is 1. The van der Waals surface area contributed by atoms with Gasteiger partial charge in [-0.1, -0.05) is 6.07 Å². The first-order valence-corrected chi connectivity index (χ1v) is 9.06. The Hall–Kier alpha value is -3.79. The molecule has 5 rings (SSSR count). The van der Waals surface area contributed by atoms with Crippen LogP contribution in [-0.2, 0) is 11.3 Å². The zero-order valence-corrected chi connectivity index (χ0v) is 15.0. The molecule has 1 aliphatic heterocycles. The minimum Gasteiger partial charge on any atom is -0.340 e. The van der Waals surface area contributed by atoms with Gasteiger partial charge in [0.1, 0.15) is 5.82 Å². The van der Waals surface area contributed by atoms with E-state index in [1.54, 1.807) is 24.7 Å². The standard InChI is InChI=1S/C21H16N6O/c22-8-13-3-4-17-16(6-13)20-18(10-24-17)25-21(26-20)15-7-19(28)27(12-15)11-14-2-1-5-23-9-14/h1-6,9-10,15H,7,11-12H2,(H,25,26). The monoisotopic (exact) mass is 368 g/mol. The van der Waals surface area contributed by atoms with Crippen LogP contribution >= 0.6 is 0 Å². The number of imidazole rings is 1. The molecule has 1 saturated heterocycles. The van der Waals surface area contributed by atoms with Crippen molar-refractivity contribution in [3.63, 3.8) is 0 Å². The van der Waals surface area contributed by atoms with Gasteiger partial charge in [0, 0.05) is 43.2 Å². The van der Waals surface area contributed by atoms with Crippen LogP contribution in [0.25, 0.3) is 21.9 Å². The van der Waals surface area contributed by atoms with Crippen LogP contribution in [0.1, 0.15) is 29.3 Å². The number of nitriles is 1. The summed E-state index contributed by atoms with van der Waals surface area (Å²) in [6, 6.07) is 11.4. The number of hydrogen-bond acceptors (Lipinski definition) is 5. The van der Waals surface area contributed by atoms with Gasteiger partial charge in [0.25, 0.3) is 0 Å². The number of carbonyl (C=O) groups is 1. The van der Waals surface area contributed by atoms with Crippen molar-refractivity contribution >= 4 is 27.8 Å². The number of nitrogens with one attached hydrogen (secondary N) is 1. The molecule has 3 aromatic heterocycles. The number of amides is 1. The lowest BCUT2D eigenvalue weighted by atomic mass is 10.1. The minimum atomic E-state index is 0.00534. The van der Waals surface area contributed by atoms with Gasteiger partial charge in [-0.25, -0.2) is 4.98 Å². The van der Waals surface area contributed by atoms with Crippen molar-refractivity contribution in [1.82, 2.24) is 24.8 Å². The van der Waals surface area contributed by atoms with E-state index in [9.17, 15) is 10.1 Å². The fourth-order valence-electron chi connectivity index (χ4n) is 3.76. The fourth-order valence-corrected chi connectivity index (χ4v) is 3.76. The second-order valence-electron chi connectivity index (χ2n) is 7.02. The van der Waals surface area contributed by atoms with Gasteiger partial charge in [0.15, 0.2) is 0 Å². The normalized spacial score (nSPS) is 16.8. The molecule has 136 valence electrons. The summed E-state index contributed by atoms with van der Waals surface area (Å²) in [5, 5.41) is 10.0. The number of nitrogens with zero attached hydrogens (tertiary/aromatic N) is 5. The molecule has 1 aromatic carbocycles. The van der Waals surface area contributed by atoms with Gasteiger partial charge in [-0.05, 0) is 29.8 Å². The molecule has 1 N–H and O–H groups in total. The third-order valence-corrected chi connectivity index (χ3v) is 5.16. The number of aromatic amines is 1. The zero-order valence-electron chi connectivity index (χ0n) is 15.0. The number of hydrogen-bond donors (Lipinski definition) is 1. The van der Waals surface area contributed by atoms with E-state index in [2.05, 4.69) is 21.0 Å². The maximum absolute atomic E-state index is 12.5. The van der Waals surface area contributed by atoms with Crippen LogP contribution in [0.15, 0.2) is 48.9 Å². The molecule has 1 fully saturated rings. The largest absolute Gasteiger partial charge is 0.340 e. The van der Waals surface area contributed by atoms with E-state index in [1.165, 1.54) is 0 Å². The zero-order chi connectivity index (χ0) is 19.1. The van der Waals surface area contributed by atoms with Gasteiger partial charge in [0.2, 0.25) is 5.91 Å². The highest BCUT2D eigenvalue weighted by atomic mass is 16.2. The third kappa shape index (κ3) is 2.76. The highest BCUT2D eigenvalue weighted by Crippen LogP contribution is 2.30. The molecule has 0 spiro atoms. The summed E-state index contributed by atoms with van der Waals surface area (Å²) in [4.78, 5) is 31.0. The summed E-state index contributed by atoms with van der Waals surface area (Å²) >= 11 is 0. The summed E-state index contributed by atoms with van der Waals surface area (Å²) < 4.78 is 0. The summed E-state index contributed by atoms with van der Waals surface area (Å²) in [6.45, 7) is 1.17. The molecule has 0 radical (unpaired) electrons. The molecule has 1 unspecified atom stereocenters. The van der Waals surface area contributed by atoms with Gasteiger partial charge < -0.3 is 9.88 Å². The molecular weight excluding hydrogens is 352 g/mol. The van der Waals surface area contributed by atoms with Crippen LogP contribution < -0.4 is 0 Å². The van der Waals surface area contributed by atoms with E-state index in [4.69, 9.17) is 4.98 Å². The van der Waals surface area contributed by atoms with E-state index in [0.717, 1.165) is 33.3 Å². The number of H-pyrrole nitrogens is 1. The van der Waals surface area contributed by atoms with Crippen LogP contribution in [0.2, 0.25) is 0 Å². The van der Waals surface area contributed by atoms with E-state index in [-0.39, 0.29) is 11.8 Å². The molecule has 4 aromatic rings. The molecule has 0 bridgehead atoms. The van der Waals surface area contributed by atoms with Gasteiger partial charge in [0.05, 0.1) is 34.4 Å². The first-order valence-electron chi connectivity index (χ1n) is 9.06. The quantitative estimate of drug-likeness (QED) is 0.599. The van der Waals surface area contributed by atoms with Crippen molar-refractivity contribution in [1.29, 1.82) is 5.26 Å². The molecule has 4 heterocycles. The summed E-state index contributed by atoms with van der Waals surface area (Å²) in [5.41, 5.74) is 3.99. The number of rotatable bonds is 3. The van der Waals surface area contributed by atoms with Crippen LogP contribution in [0.3, 0.4) is 0 Å². The topological polar surface area (TPSA) is 98.6 Å². The highest BCUT2D eigenvalue weighted by Gasteiger charge is 2.32. The molecule has 1 amide bonds. The Morgan fingerprint density at radius 2 is 2.21 bits per heavy atom. The third-order valence-electron chi connectivity index (χ3n) is 5.16. The van der Waals surface area contributed by atoms with Crippen LogP contribution in [0, 0.1) is 11.3 Å². The van der Waals surface area contributed by atoms with Crippen molar-refractivity contribution in [2.45, 2.75) is 18.9 Å². The van der Waals surface area contributed by atoms with Crippen molar-refractivity contribution in [3.8, 4) is 6.07 Å². The molecular formula is C21H16N6O.